The molecule has 1 aliphatic heterocycles. The smallest absolute Gasteiger partial charge is 0.416 e. The van der Waals surface area contributed by atoms with Crippen molar-refractivity contribution in [3.8, 4) is 5.75 Å². The van der Waals surface area contributed by atoms with Crippen molar-refractivity contribution in [3.63, 3.8) is 0 Å². The molecule has 3 rings (SSSR count). The van der Waals surface area contributed by atoms with E-state index in [9.17, 15) is 13.2 Å². The average molecular weight is 435 g/mol. The molecule has 3 nitrogen and oxygen atoms in total. The first kappa shape index (κ1) is 23.5. The van der Waals surface area contributed by atoms with Crippen molar-refractivity contribution in [1.29, 1.82) is 0 Å². The van der Waals surface area contributed by atoms with Gasteiger partial charge in [0.1, 0.15) is 5.75 Å². The number of alkyl halides is 3. The van der Waals surface area contributed by atoms with Gasteiger partial charge in [0, 0.05) is 32.2 Å². The molecule has 0 amide bonds. The number of anilines is 1. The molecule has 1 saturated heterocycles. The predicted octanol–water partition coefficient (Wildman–Crippen LogP) is 6.06. The Morgan fingerprint density at radius 1 is 1.10 bits per heavy atom. The Morgan fingerprint density at radius 3 is 2.48 bits per heavy atom. The topological polar surface area (TPSA) is 15.7 Å². The highest BCUT2D eigenvalue weighted by molar-refractivity contribution is 5.46. The van der Waals surface area contributed by atoms with Crippen LogP contribution in [0, 0.1) is 5.92 Å². The molecule has 2 atom stereocenters. The Labute approximate surface area is 183 Å². The Hall–Kier alpha value is -2.21. The molecular weight excluding hydrogens is 401 g/mol. The van der Waals surface area contributed by atoms with Gasteiger partial charge in [0.25, 0.3) is 0 Å². The van der Waals surface area contributed by atoms with Crippen LogP contribution in [0.25, 0.3) is 0 Å². The lowest BCUT2D eigenvalue weighted by molar-refractivity contribution is -0.137. The molecule has 6 heteroatoms. The van der Waals surface area contributed by atoms with Crippen molar-refractivity contribution in [2.24, 2.45) is 5.92 Å². The Morgan fingerprint density at radius 2 is 1.84 bits per heavy atom. The highest BCUT2D eigenvalue weighted by atomic mass is 19.4. The van der Waals surface area contributed by atoms with Gasteiger partial charge >= 0.3 is 6.18 Å². The van der Waals surface area contributed by atoms with E-state index in [1.54, 1.807) is 6.07 Å². The summed E-state index contributed by atoms with van der Waals surface area (Å²) in [5.41, 5.74) is 1.76. The molecule has 2 aromatic rings. The van der Waals surface area contributed by atoms with Crippen molar-refractivity contribution < 1.29 is 17.9 Å². The number of hydrogen-bond acceptors (Lipinski definition) is 3. The highest BCUT2D eigenvalue weighted by Gasteiger charge is 2.32. The lowest BCUT2D eigenvalue weighted by Gasteiger charge is -2.39. The molecule has 1 aliphatic rings. The summed E-state index contributed by atoms with van der Waals surface area (Å²) in [6.45, 7) is 5.60. The first-order valence-corrected chi connectivity index (χ1v) is 11.1. The van der Waals surface area contributed by atoms with E-state index in [2.05, 4.69) is 41.0 Å². The van der Waals surface area contributed by atoms with Gasteiger partial charge in [0.05, 0.1) is 12.2 Å². The van der Waals surface area contributed by atoms with E-state index >= 15 is 0 Å². The Kier molecular flexibility index (Phi) is 7.87. The molecule has 170 valence electrons. The van der Waals surface area contributed by atoms with E-state index in [-0.39, 0.29) is 11.7 Å². The van der Waals surface area contributed by atoms with Gasteiger partial charge < -0.3 is 14.5 Å². The Balaban J connectivity index is 1.74. The van der Waals surface area contributed by atoms with Crippen LogP contribution in [0.15, 0.2) is 48.5 Å². The van der Waals surface area contributed by atoms with Crippen molar-refractivity contribution in [3.05, 3.63) is 59.7 Å². The molecule has 0 radical (unpaired) electrons. The number of hydrogen-bond donors (Lipinski definition) is 0. The molecule has 1 fully saturated rings. The summed E-state index contributed by atoms with van der Waals surface area (Å²) < 4.78 is 45.0. The van der Waals surface area contributed by atoms with Crippen LogP contribution in [-0.4, -0.2) is 45.2 Å². The van der Waals surface area contributed by atoms with Gasteiger partial charge in [-0.2, -0.15) is 13.2 Å². The molecular formula is C25H33F3N2O. The molecule has 0 bridgehead atoms. The van der Waals surface area contributed by atoms with Gasteiger partial charge in [0.2, 0.25) is 0 Å². The van der Waals surface area contributed by atoms with E-state index in [1.165, 1.54) is 11.6 Å². The molecule has 0 spiro atoms. The van der Waals surface area contributed by atoms with Gasteiger partial charge in [-0.05, 0) is 67.7 Å². The maximum absolute atomic E-state index is 13.0. The van der Waals surface area contributed by atoms with Crippen LogP contribution in [0.3, 0.4) is 0 Å². The fourth-order valence-electron chi connectivity index (χ4n) is 4.29. The number of likely N-dealkylation sites (tertiary alicyclic amines) is 1. The summed E-state index contributed by atoms with van der Waals surface area (Å²) in [7, 11) is 4.04. The predicted molar refractivity (Wildman–Crippen MR) is 120 cm³/mol. The van der Waals surface area contributed by atoms with E-state index in [0.29, 0.717) is 12.5 Å². The summed E-state index contributed by atoms with van der Waals surface area (Å²) in [4.78, 5) is 4.54. The largest absolute Gasteiger partial charge is 0.493 e. The molecule has 1 heterocycles. The normalized spacial score (nSPS) is 19.9. The number of rotatable bonds is 8. The number of nitrogens with zero attached hydrogens (tertiary/aromatic N) is 2. The van der Waals surface area contributed by atoms with Crippen LogP contribution < -0.4 is 9.64 Å². The first-order chi connectivity index (χ1) is 14.8. The minimum absolute atomic E-state index is 0.227. The second-order valence-corrected chi connectivity index (χ2v) is 8.63. The van der Waals surface area contributed by atoms with Gasteiger partial charge in [-0.1, -0.05) is 31.5 Å². The van der Waals surface area contributed by atoms with Crippen molar-refractivity contribution in [2.75, 3.05) is 45.2 Å². The lowest BCUT2D eigenvalue weighted by atomic mass is 9.80. The van der Waals surface area contributed by atoms with Gasteiger partial charge in [-0.15, -0.1) is 0 Å². The summed E-state index contributed by atoms with van der Waals surface area (Å²) in [6, 6.07) is 13.8. The van der Waals surface area contributed by atoms with Crippen molar-refractivity contribution in [1.82, 2.24) is 4.90 Å². The fraction of sp³-hybridized carbons (Fsp3) is 0.520. The number of piperidine rings is 1. The molecule has 0 N–H and O–H groups in total. The zero-order valence-corrected chi connectivity index (χ0v) is 18.7. The zero-order valence-electron chi connectivity index (χ0n) is 18.7. The molecule has 31 heavy (non-hydrogen) atoms. The summed E-state index contributed by atoms with van der Waals surface area (Å²) in [5, 5.41) is 0. The second-order valence-electron chi connectivity index (χ2n) is 8.63. The minimum Gasteiger partial charge on any atom is -0.493 e. The molecule has 2 unspecified atom stereocenters. The van der Waals surface area contributed by atoms with Gasteiger partial charge in [-0.3, -0.25) is 0 Å². The third-order valence-electron chi connectivity index (χ3n) is 6.11. The SMILES string of the molecule is CCCCN1CCC(c2ccc(N(C)C)cc2)C(COc2cccc(C(F)(F)F)c2)C1. The molecule has 0 aliphatic carbocycles. The summed E-state index contributed by atoms with van der Waals surface area (Å²) in [6.07, 6.45) is -1.03. The monoisotopic (exact) mass is 434 g/mol. The third kappa shape index (κ3) is 6.39. The minimum atomic E-state index is -4.36. The fourth-order valence-corrected chi connectivity index (χ4v) is 4.29. The number of unbranched alkanes of at least 4 members (excludes halogenated alkanes) is 1. The lowest BCUT2D eigenvalue weighted by Crippen LogP contribution is -2.42. The maximum atomic E-state index is 13.0. The molecule has 2 aromatic carbocycles. The van der Waals surface area contributed by atoms with E-state index in [1.807, 2.05) is 14.1 Å². The van der Waals surface area contributed by atoms with Crippen LogP contribution >= 0.6 is 0 Å². The van der Waals surface area contributed by atoms with Crippen LogP contribution in [0.1, 0.15) is 43.2 Å². The highest BCUT2D eigenvalue weighted by Crippen LogP contribution is 2.35. The van der Waals surface area contributed by atoms with E-state index in [0.717, 1.165) is 56.7 Å². The van der Waals surface area contributed by atoms with E-state index in [4.69, 9.17) is 4.74 Å². The maximum Gasteiger partial charge on any atom is 0.416 e. The van der Waals surface area contributed by atoms with Gasteiger partial charge in [0.15, 0.2) is 0 Å². The zero-order chi connectivity index (χ0) is 22.4. The second kappa shape index (κ2) is 10.4. The molecule has 0 saturated carbocycles. The van der Waals surface area contributed by atoms with Crippen molar-refractivity contribution in [2.45, 2.75) is 38.3 Å². The summed E-state index contributed by atoms with van der Waals surface area (Å²) >= 11 is 0. The first-order valence-electron chi connectivity index (χ1n) is 11.1. The van der Waals surface area contributed by atoms with Crippen LogP contribution in [-0.2, 0) is 6.18 Å². The number of benzene rings is 2. The van der Waals surface area contributed by atoms with Crippen LogP contribution in [0.4, 0.5) is 18.9 Å². The standard InChI is InChI=1S/C25H33F3N2O/c1-4-5-14-30-15-13-24(19-9-11-22(12-10-19)29(2)3)20(17-30)18-31-23-8-6-7-21(16-23)25(26,27)28/h6-12,16,20,24H,4-5,13-15,17-18H2,1-3H3. The average Bonchev–Trinajstić information content (AvgIpc) is 2.76. The quantitative estimate of drug-likeness (QED) is 0.503. The van der Waals surface area contributed by atoms with Crippen LogP contribution in [0.2, 0.25) is 0 Å². The molecule has 0 aromatic heterocycles. The van der Waals surface area contributed by atoms with Crippen molar-refractivity contribution >= 4 is 5.69 Å². The third-order valence-corrected chi connectivity index (χ3v) is 6.11. The number of halogens is 3. The Bertz CT molecular complexity index is 820. The van der Waals surface area contributed by atoms with E-state index < -0.39 is 11.7 Å². The summed E-state index contributed by atoms with van der Waals surface area (Å²) in [5.74, 6) is 0.840. The number of ether oxygens (including phenoxy) is 1. The van der Waals surface area contributed by atoms with Gasteiger partial charge in [-0.25, -0.2) is 0 Å². The van der Waals surface area contributed by atoms with Crippen LogP contribution in [0.5, 0.6) is 5.75 Å².